The maximum atomic E-state index is 4.82. The van der Waals surface area contributed by atoms with E-state index < -0.39 is 0 Å². The number of hydrogen-bond acceptors (Lipinski definition) is 5. The average Bonchev–Trinajstić information content (AvgIpc) is 3.47. The first-order valence-electron chi connectivity index (χ1n) is 10.5. The second kappa shape index (κ2) is 8.10. The van der Waals surface area contributed by atoms with Crippen LogP contribution in [0.3, 0.4) is 0 Å². The second-order valence-corrected chi connectivity index (χ2v) is 7.50. The van der Waals surface area contributed by atoms with Gasteiger partial charge in [0.15, 0.2) is 5.65 Å². The van der Waals surface area contributed by atoms with Crippen molar-refractivity contribution in [2.24, 2.45) is 0 Å². The molecule has 5 rings (SSSR count). The number of nitrogens with zero attached hydrogens (tertiary/aromatic N) is 6. The summed E-state index contributed by atoms with van der Waals surface area (Å²) in [4.78, 5) is 4.82. The largest absolute Gasteiger partial charge is 0.232 e. The number of tetrazole rings is 1. The monoisotopic (exact) mass is 409 g/mol. The van der Waals surface area contributed by atoms with Gasteiger partial charge in [-0.25, -0.2) is 9.50 Å². The van der Waals surface area contributed by atoms with Gasteiger partial charge in [-0.3, -0.25) is 0 Å². The van der Waals surface area contributed by atoms with Crippen molar-refractivity contribution in [3.05, 3.63) is 83.3 Å². The van der Waals surface area contributed by atoms with Crippen LogP contribution in [0, 0.1) is 0 Å². The molecule has 2 aromatic carbocycles. The number of aromatic nitrogens is 7. The number of nitrogens with one attached hydrogen (secondary N) is 1. The minimum absolute atomic E-state index is 0.593. The summed E-state index contributed by atoms with van der Waals surface area (Å²) in [6.45, 7) is 4.28. The molecule has 7 nitrogen and oxygen atoms in total. The van der Waals surface area contributed by atoms with Crippen molar-refractivity contribution in [3.63, 3.8) is 0 Å². The molecule has 154 valence electrons. The number of imidazole rings is 1. The summed E-state index contributed by atoms with van der Waals surface area (Å²) >= 11 is 0. The number of fused-ring (bicyclic) bond motifs is 1. The van der Waals surface area contributed by atoms with Crippen molar-refractivity contribution in [1.82, 2.24) is 35.2 Å². The van der Waals surface area contributed by atoms with Gasteiger partial charge in [-0.2, -0.15) is 10.3 Å². The molecule has 0 aliphatic heterocycles. The van der Waals surface area contributed by atoms with Crippen LogP contribution in [0.4, 0.5) is 0 Å². The van der Waals surface area contributed by atoms with E-state index in [9.17, 15) is 0 Å². The molecule has 0 amide bonds. The minimum atomic E-state index is 0.593. The first kappa shape index (κ1) is 19.1. The molecule has 0 radical (unpaired) electrons. The lowest BCUT2D eigenvalue weighted by Crippen LogP contribution is -2.01. The van der Waals surface area contributed by atoms with Crippen molar-refractivity contribution in [1.29, 1.82) is 0 Å². The third-order valence-corrected chi connectivity index (χ3v) is 5.60. The predicted octanol–water partition coefficient (Wildman–Crippen LogP) is 4.29. The van der Waals surface area contributed by atoms with Crippen LogP contribution in [0.25, 0.3) is 28.2 Å². The van der Waals surface area contributed by atoms with Gasteiger partial charge in [-0.05, 0) is 46.4 Å². The molecule has 0 spiro atoms. The van der Waals surface area contributed by atoms with Gasteiger partial charge in [0.05, 0.1) is 17.6 Å². The van der Waals surface area contributed by atoms with Crippen LogP contribution in [0.2, 0.25) is 0 Å². The van der Waals surface area contributed by atoms with E-state index in [1.54, 1.807) is 0 Å². The summed E-state index contributed by atoms with van der Waals surface area (Å²) in [6, 6.07) is 18.9. The van der Waals surface area contributed by atoms with Gasteiger partial charge in [-0.15, -0.1) is 10.2 Å². The van der Waals surface area contributed by atoms with Crippen LogP contribution in [0.1, 0.15) is 36.4 Å². The van der Waals surface area contributed by atoms with E-state index in [4.69, 9.17) is 4.98 Å². The van der Waals surface area contributed by atoms with E-state index in [0.717, 1.165) is 53.0 Å². The molecular formula is C24H23N7. The minimum Gasteiger partial charge on any atom is -0.232 e. The third-order valence-electron chi connectivity index (χ3n) is 5.60. The van der Waals surface area contributed by atoms with E-state index in [-0.39, 0.29) is 0 Å². The van der Waals surface area contributed by atoms with Gasteiger partial charge >= 0.3 is 0 Å². The third kappa shape index (κ3) is 3.59. The van der Waals surface area contributed by atoms with Crippen molar-refractivity contribution in [2.45, 2.75) is 33.1 Å². The molecule has 5 aromatic rings. The summed E-state index contributed by atoms with van der Waals surface area (Å²) in [6.07, 6.45) is 4.57. The Hall–Kier alpha value is -3.87. The molecule has 3 heterocycles. The van der Waals surface area contributed by atoms with E-state index in [0.29, 0.717) is 5.82 Å². The van der Waals surface area contributed by atoms with Crippen LogP contribution in [-0.2, 0) is 19.3 Å². The molecule has 0 bridgehead atoms. The highest BCUT2D eigenvalue weighted by molar-refractivity contribution is 5.80. The molecule has 0 saturated carbocycles. The smallest absolute Gasteiger partial charge is 0.205 e. The summed E-state index contributed by atoms with van der Waals surface area (Å²) in [5.74, 6) is 0.593. The lowest BCUT2D eigenvalue weighted by molar-refractivity contribution is 0.846. The fourth-order valence-corrected chi connectivity index (χ4v) is 3.92. The molecule has 0 fully saturated rings. The fourth-order valence-electron chi connectivity index (χ4n) is 3.92. The van der Waals surface area contributed by atoms with Crippen molar-refractivity contribution < 1.29 is 0 Å². The zero-order valence-corrected chi connectivity index (χ0v) is 17.6. The average molecular weight is 409 g/mol. The van der Waals surface area contributed by atoms with Gasteiger partial charge in [0.25, 0.3) is 0 Å². The molecule has 0 unspecified atom stereocenters. The highest BCUT2D eigenvalue weighted by Gasteiger charge is 2.14. The van der Waals surface area contributed by atoms with Crippen LogP contribution < -0.4 is 0 Å². The van der Waals surface area contributed by atoms with Gasteiger partial charge in [0, 0.05) is 12.0 Å². The number of aryl methyl sites for hydroxylation is 2. The lowest BCUT2D eigenvalue weighted by atomic mass is 9.97. The van der Waals surface area contributed by atoms with E-state index in [1.807, 2.05) is 28.9 Å². The van der Waals surface area contributed by atoms with Crippen LogP contribution in [0.15, 0.2) is 60.8 Å². The molecule has 0 saturated heterocycles. The van der Waals surface area contributed by atoms with Crippen molar-refractivity contribution in [3.8, 4) is 22.5 Å². The summed E-state index contributed by atoms with van der Waals surface area (Å²) in [5, 5.41) is 19.1. The van der Waals surface area contributed by atoms with E-state index >= 15 is 0 Å². The molecule has 0 atom stereocenters. The van der Waals surface area contributed by atoms with Gasteiger partial charge in [0.2, 0.25) is 5.82 Å². The highest BCUT2D eigenvalue weighted by atomic mass is 15.5. The Kier molecular flexibility index (Phi) is 5.00. The second-order valence-electron chi connectivity index (χ2n) is 7.50. The predicted molar refractivity (Wildman–Crippen MR) is 120 cm³/mol. The summed E-state index contributed by atoms with van der Waals surface area (Å²) < 4.78 is 1.98. The zero-order chi connectivity index (χ0) is 21.2. The van der Waals surface area contributed by atoms with Gasteiger partial charge < -0.3 is 0 Å². The Bertz CT molecular complexity index is 1320. The first-order valence-corrected chi connectivity index (χ1v) is 10.5. The standard InChI is InChI=1S/C24H23N7/c1-3-16-14-23-26-21(4-2)22(31(23)25-15-16)13-17-9-11-18(12-10-17)19-7-5-6-8-20(19)24-27-29-30-28-24/h5-12,14-15H,3-4,13H2,1-2H3,(H,27,28,29,30). The van der Waals surface area contributed by atoms with Crippen LogP contribution in [0.5, 0.6) is 0 Å². The maximum Gasteiger partial charge on any atom is 0.205 e. The molecule has 1 N–H and O–H groups in total. The maximum absolute atomic E-state index is 4.82. The molecule has 31 heavy (non-hydrogen) atoms. The van der Waals surface area contributed by atoms with E-state index in [1.165, 1.54) is 11.1 Å². The van der Waals surface area contributed by atoms with Crippen LogP contribution >= 0.6 is 0 Å². The number of hydrogen-bond donors (Lipinski definition) is 1. The topological polar surface area (TPSA) is 84.6 Å². The lowest BCUT2D eigenvalue weighted by Gasteiger charge is -2.09. The highest BCUT2D eigenvalue weighted by Crippen LogP contribution is 2.30. The first-order chi connectivity index (χ1) is 15.3. The molecule has 3 aromatic heterocycles. The Balaban J connectivity index is 1.47. The van der Waals surface area contributed by atoms with E-state index in [2.05, 4.69) is 76.0 Å². The number of benzene rings is 2. The number of H-pyrrole nitrogens is 1. The molecule has 0 aliphatic carbocycles. The van der Waals surface area contributed by atoms with Crippen LogP contribution in [-0.4, -0.2) is 35.2 Å². The zero-order valence-electron chi connectivity index (χ0n) is 17.6. The summed E-state index contributed by atoms with van der Waals surface area (Å²) in [7, 11) is 0. The van der Waals surface area contributed by atoms with Crippen molar-refractivity contribution in [2.75, 3.05) is 0 Å². The van der Waals surface area contributed by atoms with Crippen molar-refractivity contribution >= 4 is 5.65 Å². The SMILES string of the molecule is CCc1cnn2c(Cc3ccc(-c4ccccc4-c4nn[nH]n4)cc3)c(CC)nc2c1. The molecular weight excluding hydrogens is 386 g/mol. The Morgan fingerprint density at radius 1 is 0.903 bits per heavy atom. The Labute approximate surface area is 180 Å². The Morgan fingerprint density at radius 3 is 2.42 bits per heavy atom. The number of aromatic amines is 1. The van der Waals surface area contributed by atoms with Gasteiger partial charge in [-0.1, -0.05) is 62.4 Å². The molecule has 7 heteroatoms. The number of rotatable bonds is 6. The van der Waals surface area contributed by atoms with Gasteiger partial charge in [0.1, 0.15) is 0 Å². The summed E-state index contributed by atoms with van der Waals surface area (Å²) in [5.41, 5.74) is 8.76. The normalized spacial score (nSPS) is 11.3. The quantitative estimate of drug-likeness (QED) is 0.452. The fraction of sp³-hybridized carbons (Fsp3) is 0.208. The Morgan fingerprint density at radius 2 is 1.71 bits per heavy atom. The molecule has 0 aliphatic rings.